The average molecular weight is 280 g/mol. The molecule has 8 heteroatoms. The summed E-state index contributed by atoms with van der Waals surface area (Å²) in [5.41, 5.74) is 8.98. The maximum Gasteiger partial charge on any atom is 0.327 e. The number of carbonyl (C=O) groups excluding carboxylic acids is 1. The van der Waals surface area contributed by atoms with Crippen LogP contribution in [0.3, 0.4) is 0 Å². The summed E-state index contributed by atoms with van der Waals surface area (Å²) in [4.78, 5) is 14.6. The summed E-state index contributed by atoms with van der Waals surface area (Å²) in [7, 11) is 0. The van der Waals surface area contributed by atoms with Crippen molar-refractivity contribution < 1.29 is 9.53 Å². The predicted molar refractivity (Wildman–Crippen MR) is 73.9 cm³/mol. The molecule has 20 heavy (non-hydrogen) atoms. The van der Waals surface area contributed by atoms with Crippen LogP contribution in [0.5, 0.6) is 0 Å². The molecule has 0 saturated heterocycles. The van der Waals surface area contributed by atoms with E-state index in [1.807, 2.05) is 6.20 Å². The summed E-state index contributed by atoms with van der Waals surface area (Å²) in [6, 6.07) is -0.588. The molecule has 1 aromatic rings. The van der Waals surface area contributed by atoms with Crippen molar-refractivity contribution in [2.45, 2.75) is 32.9 Å². The van der Waals surface area contributed by atoms with Gasteiger partial charge in [0.1, 0.15) is 6.04 Å². The summed E-state index contributed by atoms with van der Waals surface area (Å²) in [6.45, 7) is 5.60. The summed E-state index contributed by atoms with van der Waals surface area (Å²) < 4.78 is 6.83. The molecule has 0 aliphatic rings. The van der Waals surface area contributed by atoms with Crippen LogP contribution in [0.1, 0.15) is 31.9 Å². The first-order chi connectivity index (χ1) is 9.72. The molecular weight excluding hydrogens is 260 g/mol. The maximum absolute atomic E-state index is 11.9. The second kappa shape index (κ2) is 8.95. The van der Waals surface area contributed by atoms with E-state index in [1.165, 1.54) is 0 Å². The fourth-order valence-electron chi connectivity index (χ4n) is 1.75. The van der Waals surface area contributed by atoms with Crippen LogP contribution < -0.4 is 5.32 Å². The highest BCUT2D eigenvalue weighted by atomic mass is 16.5. The Balaban J connectivity index is 2.73. The number of ether oxygens (including phenoxy) is 1. The standard InChI is InChI=1S/C12H20N6O2/c1-3-7-18-9-10(8-16-18)11(12(19)20-4-2)14-5-6-15-17-13/h8-9,11,14H,3-7H2,1-2H3. The quantitative estimate of drug-likeness (QED) is 0.245. The minimum atomic E-state index is -0.588. The molecule has 0 aliphatic carbocycles. The first-order valence-corrected chi connectivity index (χ1v) is 6.66. The Labute approximate surface area is 117 Å². The maximum atomic E-state index is 11.9. The minimum absolute atomic E-state index is 0.273. The molecular formula is C12H20N6O2. The zero-order valence-corrected chi connectivity index (χ0v) is 11.8. The monoisotopic (exact) mass is 280 g/mol. The number of nitrogens with zero attached hydrogens (tertiary/aromatic N) is 5. The third-order valence-electron chi connectivity index (χ3n) is 2.59. The first-order valence-electron chi connectivity index (χ1n) is 6.66. The largest absolute Gasteiger partial charge is 0.465 e. The third kappa shape index (κ3) is 4.91. The number of esters is 1. The van der Waals surface area contributed by atoms with Crippen LogP contribution in [0.15, 0.2) is 17.5 Å². The molecule has 1 atom stereocenters. The molecule has 0 radical (unpaired) electrons. The number of carbonyl (C=O) groups is 1. The lowest BCUT2D eigenvalue weighted by Gasteiger charge is -2.15. The first kappa shape index (κ1) is 16.0. The van der Waals surface area contributed by atoms with E-state index in [-0.39, 0.29) is 12.5 Å². The van der Waals surface area contributed by atoms with Gasteiger partial charge in [0.05, 0.1) is 12.8 Å². The molecule has 0 amide bonds. The lowest BCUT2D eigenvalue weighted by Crippen LogP contribution is -2.31. The highest BCUT2D eigenvalue weighted by Gasteiger charge is 2.22. The van der Waals surface area contributed by atoms with Crippen LogP contribution >= 0.6 is 0 Å². The van der Waals surface area contributed by atoms with E-state index in [0.717, 1.165) is 18.5 Å². The molecule has 0 bridgehead atoms. The SMILES string of the molecule is CCCn1cc(C(NCCN=[N+]=[N-])C(=O)OCC)cn1. The van der Waals surface area contributed by atoms with Crippen molar-refractivity contribution in [3.63, 3.8) is 0 Å². The Morgan fingerprint density at radius 1 is 1.65 bits per heavy atom. The number of aromatic nitrogens is 2. The minimum Gasteiger partial charge on any atom is -0.465 e. The lowest BCUT2D eigenvalue weighted by atomic mass is 10.1. The highest BCUT2D eigenvalue weighted by Crippen LogP contribution is 2.14. The van der Waals surface area contributed by atoms with Crippen LogP contribution in [0.2, 0.25) is 0 Å². The second-order valence-electron chi connectivity index (χ2n) is 4.13. The molecule has 0 saturated carbocycles. The molecule has 1 rings (SSSR count). The van der Waals surface area contributed by atoms with Crippen LogP contribution in [0.4, 0.5) is 0 Å². The highest BCUT2D eigenvalue weighted by molar-refractivity contribution is 5.77. The fourth-order valence-corrected chi connectivity index (χ4v) is 1.75. The number of rotatable bonds is 9. The van der Waals surface area contributed by atoms with E-state index >= 15 is 0 Å². The Hall–Kier alpha value is -2.05. The molecule has 110 valence electrons. The third-order valence-corrected chi connectivity index (χ3v) is 2.59. The summed E-state index contributed by atoms with van der Waals surface area (Å²) in [5, 5.41) is 10.6. The van der Waals surface area contributed by atoms with Crippen LogP contribution in [0.25, 0.3) is 10.4 Å². The van der Waals surface area contributed by atoms with Gasteiger partial charge in [-0.25, -0.2) is 4.79 Å². The molecule has 0 aromatic carbocycles. The number of azide groups is 1. The summed E-state index contributed by atoms with van der Waals surface area (Å²) in [5.74, 6) is -0.357. The Kier molecular flexibility index (Phi) is 7.16. The summed E-state index contributed by atoms with van der Waals surface area (Å²) >= 11 is 0. The Bertz CT molecular complexity index is 466. The van der Waals surface area contributed by atoms with Gasteiger partial charge in [0.2, 0.25) is 0 Å². The Morgan fingerprint density at radius 3 is 3.10 bits per heavy atom. The van der Waals surface area contributed by atoms with Crippen molar-refractivity contribution >= 4 is 5.97 Å². The van der Waals surface area contributed by atoms with Crippen molar-refractivity contribution in [3.8, 4) is 0 Å². The van der Waals surface area contributed by atoms with Gasteiger partial charge >= 0.3 is 5.97 Å². The number of nitrogens with one attached hydrogen (secondary N) is 1. The normalized spacial score (nSPS) is 11.7. The topological polar surface area (TPSA) is 105 Å². The van der Waals surface area contributed by atoms with Gasteiger partial charge in [-0.3, -0.25) is 4.68 Å². The molecule has 1 N–H and O–H groups in total. The van der Waals surface area contributed by atoms with E-state index in [0.29, 0.717) is 13.2 Å². The molecule has 0 spiro atoms. The van der Waals surface area contributed by atoms with Crippen molar-refractivity contribution in [1.82, 2.24) is 15.1 Å². The molecule has 1 aromatic heterocycles. The van der Waals surface area contributed by atoms with Gasteiger partial charge in [-0.15, -0.1) is 0 Å². The zero-order valence-electron chi connectivity index (χ0n) is 11.8. The van der Waals surface area contributed by atoms with Crippen molar-refractivity contribution in [2.24, 2.45) is 5.11 Å². The van der Waals surface area contributed by atoms with E-state index in [1.54, 1.807) is 17.8 Å². The number of hydrogen-bond donors (Lipinski definition) is 1. The molecule has 0 aliphatic heterocycles. The molecule has 0 fully saturated rings. The van der Waals surface area contributed by atoms with Crippen molar-refractivity contribution in [2.75, 3.05) is 19.7 Å². The van der Waals surface area contributed by atoms with Gasteiger partial charge in [-0.2, -0.15) is 5.10 Å². The van der Waals surface area contributed by atoms with E-state index < -0.39 is 6.04 Å². The van der Waals surface area contributed by atoms with Crippen LogP contribution in [-0.4, -0.2) is 35.4 Å². The van der Waals surface area contributed by atoms with E-state index in [2.05, 4.69) is 27.4 Å². The lowest BCUT2D eigenvalue weighted by molar-refractivity contribution is -0.145. The molecule has 1 heterocycles. The predicted octanol–water partition coefficient (Wildman–Crippen LogP) is 1.80. The number of hydrogen-bond acceptors (Lipinski definition) is 5. The second-order valence-corrected chi connectivity index (χ2v) is 4.13. The van der Waals surface area contributed by atoms with Crippen molar-refractivity contribution in [1.29, 1.82) is 0 Å². The van der Waals surface area contributed by atoms with Gasteiger partial charge in [-0.1, -0.05) is 12.0 Å². The zero-order chi connectivity index (χ0) is 14.8. The summed E-state index contributed by atoms with van der Waals surface area (Å²) in [6.07, 6.45) is 4.44. The van der Waals surface area contributed by atoms with E-state index in [9.17, 15) is 4.79 Å². The van der Waals surface area contributed by atoms with Crippen LogP contribution in [-0.2, 0) is 16.1 Å². The van der Waals surface area contributed by atoms with Crippen LogP contribution in [0, 0.1) is 0 Å². The van der Waals surface area contributed by atoms with Gasteiger partial charge in [-0.05, 0) is 18.9 Å². The average Bonchev–Trinajstić information content (AvgIpc) is 2.88. The van der Waals surface area contributed by atoms with Gasteiger partial charge < -0.3 is 10.1 Å². The smallest absolute Gasteiger partial charge is 0.327 e. The molecule has 1 unspecified atom stereocenters. The fraction of sp³-hybridized carbons (Fsp3) is 0.667. The Morgan fingerprint density at radius 2 is 2.45 bits per heavy atom. The van der Waals surface area contributed by atoms with E-state index in [4.69, 9.17) is 10.3 Å². The molecule has 8 nitrogen and oxygen atoms in total. The van der Waals surface area contributed by atoms with Gasteiger partial charge in [0.15, 0.2) is 0 Å². The van der Waals surface area contributed by atoms with Crippen molar-refractivity contribution in [3.05, 3.63) is 28.4 Å². The van der Waals surface area contributed by atoms with Gasteiger partial charge in [0, 0.05) is 36.3 Å². The number of aryl methyl sites for hydroxylation is 1. The van der Waals surface area contributed by atoms with Gasteiger partial charge in [0.25, 0.3) is 0 Å².